The normalized spacial score (nSPS) is 18.6. The number of aromatic nitrogens is 3. The second-order valence-electron chi connectivity index (χ2n) is 4.48. The van der Waals surface area contributed by atoms with E-state index in [1.807, 2.05) is 0 Å². The molecule has 0 aliphatic heterocycles. The summed E-state index contributed by atoms with van der Waals surface area (Å²) < 4.78 is 5.40. The molecule has 0 amide bonds. The zero-order valence-electron chi connectivity index (χ0n) is 9.43. The Morgan fingerprint density at radius 2 is 2.24 bits per heavy atom. The smallest absolute Gasteiger partial charge is 0.234 e. The molecule has 0 saturated heterocycles. The average Bonchev–Trinajstić information content (AvgIpc) is 3.10. The van der Waals surface area contributed by atoms with E-state index in [1.165, 1.54) is 24.2 Å². The Morgan fingerprint density at radius 1 is 1.41 bits per heavy atom. The van der Waals surface area contributed by atoms with Crippen molar-refractivity contribution in [1.82, 2.24) is 15.1 Å². The fourth-order valence-corrected chi connectivity index (χ4v) is 2.97. The molecular weight excluding hydrogens is 236 g/mol. The van der Waals surface area contributed by atoms with Crippen LogP contribution in [-0.2, 0) is 5.41 Å². The zero-order valence-corrected chi connectivity index (χ0v) is 10.2. The molecule has 1 aliphatic rings. The van der Waals surface area contributed by atoms with Gasteiger partial charge in [-0.2, -0.15) is 4.98 Å². The van der Waals surface area contributed by atoms with Gasteiger partial charge in [-0.05, 0) is 12.8 Å². The summed E-state index contributed by atoms with van der Waals surface area (Å²) in [5, 5.41) is 4.02. The first-order chi connectivity index (χ1) is 8.34. The molecule has 2 aromatic rings. The van der Waals surface area contributed by atoms with Gasteiger partial charge >= 0.3 is 0 Å². The summed E-state index contributed by atoms with van der Waals surface area (Å²) in [6.07, 6.45) is 6.23. The minimum atomic E-state index is -0.0874. The molecule has 2 N–H and O–H groups in total. The topological polar surface area (TPSA) is 77.8 Å². The van der Waals surface area contributed by atoms with Crippen molar-refractivity contribution in [2.24, 2.45) is 5.73 Å². The Morgan fingerprint density at radius 3 is 2.88 bits per heavy atom. The van der Waals surface area contributed by atoms with E-state index < -0.39 is 0 Å². The van der Waals surface area contributed by atoms with E-state index >= 15 is 0 Å². The fourth-order valence-electron chi connectivity index (χ4n) is 2.42. The van der Waals surface area contributed by atoms with E-state index in [-0.39, 0.29) is 5.41 Å². The molecule has 1 aliphatic carbocycles. The number of hydrogen-bond acceptors (Lipinski definition) is 6. The van der Waals surface area contributed by atoms with Crippen molar-refractivity contribution in [1.29, 1.82) is 0 Å². The molecule has 3 rings (SSSR count). The first kappa shape index (κ1) is 10.9. The monoisotopic (exact) mass is 250 g/mol. The molecule has 2 heterocycles. The highest BCUT2D eigenvalue weighted by atomic mass is 32.1. The molecule has 1 fully saturated rings. The summed E-state index contributed by atoms with van der Waals surface area (Å²) in [7, 11) is 0. The van der Waals surface area contributed by atoms with Gasteiger partial charge in [0.25, 0.3) is 0 Å². The van der Waals surface area contributed by atoms with Gasteiger partial charge in [0.15, 0.2) is 0 Å². The molecule has 0 spiro atoms. The molecule has 1 saturated carbocycles. The lowest BCUT2D eigenvalue weighted by Crippen LogP contribution is -2.32. The quantitative estimate of drug-likeness (QED) is 0.901. The van der Waals surface area contributed by atoms with Gasteiger partial charge in [0.2, 0.25) is 11.7 Å². The SMILES string of the molecule is NCC1(c2nc(-c3cncs3)no2)CCCC1. The maximum Gasteiger partial charge on any atom is 0.234 e. The van der Waals surface area contributed by atoms with Crippen LogP contribution in [0.3, 0.4) is 0 Å². The zero-order chi connectivity index (χ0) is 11.7. The Balaban J connectivity index is 1.94. The lowest BCUT2D eigenvalue weighted by molar-refractivity contribution is 0.284. The standard InChI is InChI=1S/C11H14N4OS/c12-6-11(3-1-2-4-11)10-14-9(15-16-10)8-5-13-7-17-8/h5,7H,1-4,6,12H2. The predicted molar refractivity (Wildman–Crippen MR) is 64.6 cm³/mol. The maximum atomic E-state index is 5.89. The van der Waals surface area contributed by atoms with Gasteiger partial charge < -0.3 is 10.3 Å². The van der Waals surface area contributed by atoms with Crippen LogP contribution in [0.15, 0.2) is 16.2 Å². The van der Waals surface area contributed by atoms with Crippen LogP contribution in [0, 0.1) is 0 Å². The molecule has 0 atom stereocenters. The first-order valence-electron chi connectivity index (χ1n) is 5.77. The number of thiazole rings is 1. The van der Waals surface area contributed by atoms with E-state index in [4.69, 9.17) is 10.3 Å². The molecule has 6 heteroatoms. The molecule has 0 bridgehead atoms. The van der Waals surface area contributed by atoms with Gasteiger partial charge in [0.05, 0.1) is 15.8 Å². The highest BCUT2D eigenvalue weighted by Crippen LogP contribution is 2.40. The van der Waals surface area contributed by atoms with Crippen LogP contribution in [0.4, 0.5) is 0 Å². The summed E-state index contributed by atoms with van der Waals surface area (Å²) in [5.74, 6) is 1.32. The maximum absolute atomic E-state index is 5.89. The van der Waals surface area contributed by atoms with E-state index in [0.29, 0.717) is 18.3 Å². The van der Waals surface area contributed by atoms with Crippen LogP contribution in [0.1, 0.15) is 31.6 Å². The molecule has 90 valence electrons. The van der Waals surface area contributed by atoms with Crippen LogP contribution in [0.25, 0.3) is 10.7 Å². The van der Waals surface area contributed by atoms with Crippen LogP contribution in [0.2, 0.25) is 0 Å². The lowest BCUT2D eigenvalue weighted by atomic mass is 9.86. The van der Waals surface area contributed by atoms with E-state index in [2.05, 4.69) is 15.1 Å². The minimum Gasteiger partial charge on any atom is -0.338 e. The van der Waals surface area contributed by atoms with Gasteiger partial charge in [-0.15, -0.1) is 11.3 Å². The van der Waals surface area contributed by atoms with Crippen LogP contribution in [-0.4, -0.2) is 21.7 Å². The van der Waals surface area contributed by atoms with Gasteiger partial charge in [-0.1, -0.05) is 18.0 Å². The number of nitrogens with two attached hydrogens (primary N) is 1. The number of hydrogen-bond donors (Lipinski definition) is 1. The largest absolute Gasteiger partial charge is 0.338 e. The van der Waals surface area contributed by atoms with Gasteiger partial charge in [0.1, 0.15) is 0 Å². The summed E-state index contributed by atoms with van der Waals surface area (Å²) in [6, 6.07) is 0. The molecule has 17 heavy (non-hydrogen) atoms. The molecular formula is C11H14N4OS. The highest BCUT2D eigenvalue weighted by Gasteiger charge is 2.39. The van der Waals surface area contributed by atoms with Gasteiger partial charge in [0, 0.05) is 12.7 Å². The Kier molecular flexibility index (Phi) is 2.68. The second-order valence-corrected chi connectivity index (χ2v) is 5.37. The second kappa shape index (κ2) is 4.19. The van der Waals surface area contributed by atoms with Crippen LogP contribution < -0.4 is 5.73 Å². The Labute approximate surface area is 103 Å². The molecule has 2 aromatic heterocycles. The van der Waals surface area contributed by atoms with E-state index in [9.17, 15) is 0 Å². The summed E-state index contributed by atoms with van der Waals surface area (Å²) >= 11 is 1.51. The third kappa shape index (κ3) is 1.77. The summed E-state index contributed by atoms with van der Waals surface area (Å²) in [5.41, 5.74) is 7.57. The van der Waals surface area contributed by atoms with Crippen molar-refractivity contribution in [3.63, 3.8) is 0 Å². The summed E-state index contributed by atoms with van der Waals surface area (Å²) in [6.45, 7) is 0.581. The summed E-state index contributed by atoms with van der Waals surface area (Å²) in [4.78, 5) is 9.44. The highest BCUT2D eigenvalue weighted by molar-refractivity contribution is 7.13. The third-order valence-electron chi connectivity index (χ3n) is 3.48. The first-order valence-corrected chi connectivity index (χ1v) is 6.65. The average molecular weight is 250 g/mol. The van der Waals surface area contributed by atoms with Gasteiger partial charge in [-0.25, -0.2) is 0 Å². The minimum absolute atomic E-state index is 0.0874. The Bertz CT molecular complexity index is 487. The molecule has 0 unspecified atom stereocenters. The van der Waals surface area contributed by atoms with Crippen molar-refractivity contribution in [3.05, 3.63) is 17.6 Å². The fraction of sp³-hybridized carbons (Fsp3) is 0.545. The van der Waals surface area contributed by atoms with Crippen molar-refractivity contribution >= 4 is 11.3 Å². The van der Waals surface area contributed by atoms with Crippen molar-refractivity contribution in [2.45, 2.75) is 31.1 Å². The van der Waals surface area contributed by atoms with Crippen molar-refractivity contribution < 1.29 is 4.52 Å². The van der Waals surface area contributed by atoms with Crippen molar-refractivity contribution in [3.8, 4) is 10.7 Å². The molecule has 0 radical (unpaired) electrons. The Hall–Kier alpha value is -1.27. The van der Waals surface area contributed by atoms with Crippen LogP contribution >= 0.6 is 11.3 Å². The van der Waals surface area contributed by atoms with Gasteiger partial charge in [-0.3, -0.25) is 4.98 Å². The lowest BCUT2D eigenvalue weighted by Gasteiger charge is -2.21. The van der Waals surface area contributed by atoms with Crippen molar-refractivity contribution in [2.75, 3.05) is 6.54 Å². The van der Waals surface area contributed by atoms with Crippen LogP contribution in [0.5, 0.6) is 0 Å². The number of nitrogens with zero attached hydrogens (tertiary/aromatic N) is 3. The predicted octanol–water partition coefficient (Wildman–Crippen LogP) is 1.96. The molecule has 5 nitrogen and oxygen atoms in total. The third-order valence-corrected chi connectivity index (χ3v) is 4.25. The number of rotatable bonds is 3. The van der Waals surface area contributed by atoms with E-state index in [1.54, 1.807) is 11.7 Å². The van der Waals surface area contributed by atoms with E-state index in [0.717, 1.165) is 17.7 Å². The molecule has 0 aromatic carbocycles.